The highest BCUT2D eigenvalue weighted by atomic mass is 32.2. The molecule has 0 saturated heterocycles. The lowest BCUT2D eigenvalue weighted by Gasteiger charge is -2.08. The van der Waals surface area contributed by atoms with Gasteiger partial charge in [0, 0.05) is 5.69 Å². The third kappa shape index (κ3) is 4.69. The van der Waals surface area contributed by atoms with Gasteiger partial charge in [-0.05, 0) is 42.5 Å². The number of rotatable bonds is 6. The molecule has 1 aromatic carbocycles. The predicted octanol–water partition coefficient (Wildman–Crippen LogP) is 4.01. The van der Waals surface area contributed by atoms with E-state index in [2.05, 4.69) is 33.8 Å². The minimum atomic E-state index is -0.375. The molecule has 6 nitrogen and oxygen atoms in total. The minimum Gasteiger partial charge on any atom is -0.330 e. The first-order valence-electron chi connectivity index (χ1n) is 7.70. The van der Waals surface area contributed by atoms with Gasteiger partial charge in [0.2, 0.25) is 11.0 Å². The molecule has 26 heavy (non-hydrogen) atoms. The van der Waals surface area contributed by atoms with Gasteiger partial charge in [0.15, 0.2) is 4.34 Å². The second kappa shape index (κ2) is 8.43. The zero-order chi connectivity index (χ0) is 18.5. The van der Waals surface area contributed by atoms with Crippen molar-refractivity contribution in [2.45, 2.75) is 18.2 Å². The molecule has 9 heteroatoms. The number of aryl methyl sites for hydroxylation is 1. The summed E-state index contributed by atoms with van der Waals surface area (Å²) < 4.78 is 0.663. The first-order chi connectivity index (χ1) is 12.5. The van der Waals surface area contributed by atoms with E-state index < -0.39 is 0 Å². The van der Waals surface area contributed by atoms with Crippen LogP contribution < -0.4 is 10.6 Å². The highest BCUT2D eigenvalue weighted by Crippen LogP contribution is 2.29. The highest BCUT2D eigenvalue weighted by molar-refractivity contribution is 8.01. The summed E-state index contributed by atoms with van der Waals surface area (Å²) >= 11 is 3.91. The number of hydrogen-bond acceptors (Lipinski definition) is 8. The fraction of sp³-hybridized carbons (Fsp3) is 0.176. The number of benzene rings is 1. The van der Waals surface area contributed by atoms with Crippen LogP contribution in [0.25, 0.3) is 0 Å². The van der Waals surface area contributed by atoms with Gasteiger partial charge < -0.3 is 5.32 Å². The molecule has 2 heterocycles. The topological polar surface area (TPSA) is 84.0 Å². The van der Waals surface area contributed by atoms with Crippen LogP contribution in [0.15, 0.2) is 40.1 Å². The normalized spacial score (nSPS) is 10.5. The molecule has 0 bridgehead atoms. The number of nitrogens with zero attached hydrogens (tertiary/aromatic N) is 2. The number of hydrogen-bond donors (Lipinski definition) is 2. The molecule has 0 aliphatic carbocycles. The maximum atomic E-state index is 11.9. The average Bonchev–Trinajstić information content (AvgIpc) is 3.29. The quantitative estimate of drug-likeness (QED) is 0.604. The predicted molar refractivity (Wildman–Crippen MR) is 107 cm³/mol. The summed E-state index contributed by atoms with van der Waals surface area (Å²) in [5, 5.41) is 16.2. The van der Waals surface area contributed by atoms with E-state index in [4.69, 9.17) is 0 Å². The van der Waals surface area contributed by atoms with E-state index in [0.29, 0.717) is 14.3 Å². The Kier molecular flexibility index (Phi) is 6.02. The lowest BCUT2D eigenvalue weighted by molar-refractivity contribution is -0.117. The van der Waals surface area contributed by atoms with Crippen molar-refractivity contribution in [3.8, 4) is 0 Å². The summed E-state index contributed by atoms with van der Waals surface area (Å²) in [4.78, 5) is 24.2. The highest BCUT2D eigenvalue weighted by Gasteiger charge is 2.13. The molecular weight excluding hydrogens is 388 g/mol. The van der Waals surface area contributed by atoms with Crippen molar-refractivity contribution in [2.24, 2.45) is 0 Å². The number of thioether (sulfide) groups is 1. The standard InChI is InChI=1S/C17H16N4O2S3/c1-10-5-3-6-12(11(10)2)18-16-20-21-17(26-16)25-9-14(22)19-15(23)13-7-4-8-24-13/h3-8H,9H2,1-2H3,(H,18,20)(H,19,22,23). The molecule has 0 unspecified atom stereocenters. The molecule has 0 spiro atoms. The van der Waals surface area contributed by atoms with Crippen molar-refractivity contribution >= 4 is 57.1 Å². The number of imide groups is 1. The van der Waals surface area contributed by atoms with Crippen LogP contribution in [-0.4, -0.2) is 27.8 Å². The number of anilines is 2. The number of aromatic nitrogens is 2. The van der Waals surface area contributed by atoms with Crippen molar-refractivity contribution < 1.29 is 9.59 Å². The van der Waals surface area contributed by atoms with Crippen LogP contribution in [0.3, 0.4) is 0 Å². The van der Waals surface area contributed by atoms with Crippen LogP contribution in [0, 0.1) is 13.8 Å². The maximum absolute atomic E-state index is 11.9. The van der Waals surface area contributed by atoms with Crippen LogP contribution in [0.5, 0.6) is 0 Å². The van der Waals surface area contributed by atoms with E-state index in [1.807, 2.05) is 19.1 Å². The largest absolute Gasteiger partial charge is 0.330 e. The van der Waals surface area contributed by atoms with Gasteiger partial charge in [-0.1, -0.05) is 41.3 Å². The molecule has 0 saturated carbocycles. The molecule has 0 aliphatic rings. The molecule has 2 N–H and O–H groups in total. The Morgan fingerprint density at radius 3 is 2.77 bits per heavy atom. The minimum absolute atomic E-state index is 0.106. The Labute approximate surface area is 163 Å². The summed E-state index contributed by atoms with van der Waals surface area (Å²) in [7, 11) is 0. The van der Waals surface area contributed by atoms with Crippen molar-refractivity contribution in [1.29, 1.82) is 0 Å². The van der Waals surface area contributed by atoms with Gasteiger partial charge in [-0.15, -0.1) is 21.5 Å². The van der Waals surface area contributed by atoms with Gasteiger partial charge in [-0.3, -0.25) is 14.9 Å². The zero-order valence-electron chi connectivity index (χ0n) is 14.1. The summed E-state index contributed by atoms with van der Waals surface area (Å²) in [5.74, 6) is -0.623. The van der Waals surface area contributed by atoms with Crippen LogP contribution in [0.2, 0.25) is 0 Å². The maximum Gasteiger partial charge on any atom is 0.267 e. The van der Waals surface area contributed by atoms with Gasteiger partial charge in [-0.25, -0.2) is 0 Å². The van der Waals surface area contributed by atoms with Crippen LogP contribution in [0.4, 0.5) is 10.8 Å². The number of amides is 2. The van der Waals surface area contributed by atoms with E-state index in [1.54, 1.807) is 17.5 Å². The molecular formula is C17H16N4O2S3. The SMILES string of the molecule is Cc1cccc(Nc2nnc(SCC(=O)NC(=O)c3cccs3)s2)c1C. The van der Waals surface area contributed by atoms with Crippen molar-refractivity contribution in [3.63, 3.8) is 0 Å². The molecule has 0 atom stereocenters. The van der Waals surface area contributed by atoms with Crippen molar-refractivity contribution in [1.82, 2.24) is 15.5 Å². The Morgan fingerprint density at radius 1 is 1.15 bits per heavy atom. The Balaban J connectivity index is 1.53. The summed E-state index contributed by atoms with van der Waals surface area (Å²) in [6, 6.07) is 9.47. The Hall–Kier alpha value is -2.23. The third-order valence-corrected chi connectivity index (χ3v) is 6.42. The monoisotopic (exact) mass is 404 g/mol. The van der Waals surface area contributed by atoms with Crippen LogP contribution in [-0.2, 0) is 4.79 Å². The lowest BCUT2D eigenvalue weighted by Crippen LogP contribution is -2.31. The molecule has 0 radical (unpaired) electrons. The molecule has 2 aromatic heterocycles. The fourth-order valence-corrected chi connectivity index (χ4v) is 4.26. The molecule has 3 aromatic rings. The van der Waals surface area contributed by atoms with Gasteiger partial charge >= 0.3 is 0 Å². The lowest BCUT2D eigenvalue weighted by atomic mass is 10.1. The second-order valence-corrected chi connectivity index (χ2v) is 8.54. The summed E-state index contributed by atoms with van der Waals surface area (Å²) in [6.45, 7) is 4.10. The summed E-state index contributed by atoms with van der Waals surface area (Å²) in [6.07, 6.45) is 0. The molecule has 0 aliphatic heterocycles. The van der Waals surface area contributed by atoms with Gasteiger partial charge in [0.05, 0.1) is 10.6 Å². The van der Waals surface area contributed by atoms with E-state index in [1.165, 1.54) is 40.0 Å². The van der Waals surface area contributed by atoms with Crippen LogP contribution in [0.1, 0.15) is 20.8 Å². The number of carbonyl (C=O) groups is 2. The smallest absolute Gasteiger partial charge is 0.267 e. The molecule has 2 amide bonds. The molecule has 134 valence electrons. The second-order valence-electron chi connectivity index (χ2n) is 5.39. The van der Waals surface area contributed by atoms with E-state index in [-0.39, 0.29) is 17.6 Å². The van der Waals surface area contributed by atoms with Gasteiger partial charge in [0.25, 0.3) is 5.91 Å². The van der Waals surface area contributed by atoms with E-state index >= 15 is 0 Å². The first-order valence-corrected chi connectivity index (χ1v) is 10.4. The number of nitrogens with one attached hydrogen (secondary N) is 2. The number of thiophene rings is 1. The van der Waals surface area contributed by atoms with Crippen LogP contribution >= 0.6 is 34.4 Å². The van der Waals surface area contributed by atoms with E-state index in [9.17, 15) is 9.59 Å². The van der Waals surface area contributed by atoms with E-state index in [0.717, 1.165) is 11.3 Å². The van der Waals surface area contributed by atoms with Crippen molar-refractivity contribution in [3.05, 3.63) is 51.7 Å². The Bertz CT molecular complexity index is 922. The molecule has 0 fully saturated rings. The number of carbonyl (C=O) groups excluding carboxylic acids is 2. The summed E-state index contributed by atoms with van der Waals surface area (Å²) in [5.41, 5.74) is 3.33. The zero-order valence-corrected chi connectivity index (χ0v) is 16.6. The van der Waals surface area contributed by atoms with Gasteiger partial charge in [0.1, 0.15) is 0 Å². The van der Waals surface area contributed by atoms with Crippen molar-refractivity contribution in [2.75, 3.05) is 11.1 Å². The average molecular weight is 405 g/mol. The van der Waals surface area contributed by atoms with Gasteiger partial charge in [-0.2, -0.15) is 0 Å². The Morgan fingerprint density at radius 2 is 2.00 bits per heavy atom. The fourth-order valence-electron chi connectivity index (χ4n) is 2.08. The molecule has 3 rings (SSSR count). The third-order valence-electron chi connectivity index (χ3n) is 3.58. The first kappa shape index (κ1) is 18.6.